The highest BCUT2D eigenvalue weighted by Crippen LogP contribution is 2.41. The van der Waals surface area contributed by atoms with E-state index in [4.69, 9.17) is 11.6 Å². The standard InChI is InChI=1S/C16H18ClN3O/c1-3-14-13(9-20(2)19-14)16(21)18-15-8-12(15)10-4-6-11(17)7-5-10/h4-7,9,12,15H,3,8H2,1-2H3,(H,18,21)/t12-,15+/m0/s1. The molecule has 1 aromatic carbocycles. The third kappa shape index (κ3) is 2.95. The van der Waals surface area contributed by atoms with Crippen LogP contribution in [0.4, 0.5) is 0 Å². The van der Waals surface area contributed by atoms with E-state index in [9.17, 15) is 4.79 Å². The fourth-order valence-corrected chi connectivity index (χ4v) is 2.79. The molecule has 1 fully saturated rings. The number of rotatable bonds is 4. The van der Waals surface area contributed by atoms with Gasteiger partial charge in [-0.25, -0.2) is 0 Å². The zero-order valence-corrected chi connectivity index (χ0v) is 12.9. The molecule has 5 heteroatoms. The molecule has 0 unspecified atom stereocenters. The van der Waals surface area contributed by atoms with Gasteiger partial charge >= 0.3 is 0 Å². The van der Waals surface area contributed by atoms with E-state index >= 15 is 0 Å². The maximum atomic E-state index is 12.3. The van der Waals surface area contributed by atoms with Crippen molar-refractivity contribution in [2.24, 2.45) is 7.05 Å². The molecule has 1 aliphatic rings. The summed E-state index contributed by atoms with van der Waals surface area (Å²) in [5.41, 5.74) is 2.76. The Hall–Kier alpha value is -1.81. The van der Waals surface area contributed by atoms with Crippen LogP contribution in [0.5, 0.6) is 0 Å². The number of carbonyl (C=O) groups is 1. The molecule has 1 amide bonds. The largest absolute Gasteiger partial charge is 0.349 e. The lowest BCUT2D eigenvalue weighted by atomic mass is 10.1. The molecule has 1 saturated carbocycles. The van der Waals surface area contributed by atoms with Gasteiger partial charge in [0.1, 0.15) is 0 Å². The minimum absolute atomic E-state index is 0.0265. The number of halogens is 1. The van der Waals surface area contributed by atoms with Crippen LogP contribution < -0.4 is 5.32 Å². The molecule has 1 aliphatic carbocycles. The number of aryl methyl sites for hydroxylation is 2. The number of carbonyl (C=O) groups excluding carboxylic acids is 1. The van der Waals surface area contributed by atoms with E-state index < -0.39 is 0 Å². The Balaban J connectivity index is 1.65. The van der Waals surface area contributed by atoms with Gasteiger partial charge in [0.15, 0.2) is 0 Å². The van der Waals surface area contributed by atoms with Crippen LogP contribution >= 0.6 is 11.6 Å². The number of hydrogen-bond acceptors (Lipinski definition) is 2. The summed E-state index contributed by atoms with van der Waals surface area (Å²) >= 11 is 5.89. The van der Waals surface area contributed by atoms with Gasteiger partial charge in [-0.15, -0.1) is 0 Å². The normalized spacial score (nSPS) is 20.3. The predicted molar refractivity (Wildman–Crippen MR) is 82.7 cm³/mol. The summed E-state index contributed by atoms with van der Waals surface area (Å²) < 4.78 is 1.69. The van der Waals surface area contributed by atoms with Crippen molar-refractivity contribution >= 4 is 17.5 Å². The second-order valence-corrected chi connectivity index (χ2v) is 5.93. The minimum Gasteiger partial charge on any atom is -0.349 e. The highest BCUT2D eigenvalue weighted by molar-refractivity contribution is 6.30. The molecule has 3 rings (SSSR count). The summed E-state index contributed by atoms with van der Waals surface area (Å²) in [4.78, 5) is 12.3. The van der Waals surface area contributed by atoms with Crippen LogP contribution in [0.1, 0.15) is 40.9 Å². The number of amides is 1. The Bertz CT molecular complexity index is 663. The van der Waals surface area contributed by atoms with Crippen LogP contribution in [-0.2, 0) is 13.5 Å². The van der Waals surface area contributed by atoms with Crippen molar-refractivity contribution in [2.75, 3.05) is 0 Å². The van der Waals surface area contributed by atoms with Crippen molar-refractivity contribution in [1.29, 1.82) is 0 Å². The lowest BCUT2D eigenvalue weighted by Gasteiger charge is -2.04. The Morgan fingerprint density at radius 1 is 1.43 bits per heavy atom. The lowest BCUT2D eigenvalue weighted by Crippen LogP contribution is -2.27. The molecule has 2 aromatic rings. The maximum Gasteiger partial charge on any atom is 0.254 e. The summed E-state index contributed by atoms with van der Waals surface area (Å²) in [6.45, 7) is 2.01. The fourth-order valence-electron chi connectivity index (χ4n) is 2.66. The first-order valence-electron chi connectivity index (χ1n) is 7.17. The Morgan fingerprint density at radius 3 is 2.81 bits per heavy atom. The summed E-state index contributed by atoms with van der Waals surface area (Å²) in [6.07, 6.45) is 3.53. The number of benzene rings is 1. The van der Waals surface area contributed by atoms with Gasteiger partial charge in [-0.2, -0.15) is 5.10 Å². The van der Waals surface area contributed by atoms with Gasteiger partial charge in [0.2, 0.25) is 0 Å². The maximum absolute atomic E-state index is 12.3. The quantitative estimate of drug-likeness (QED) is 0.944. The number of hydrogen-bond donors (Lipinski definition) is 1. The highest BCUT2D eigenvalue weighted by atomic mass is 35.5. The molecule has 0 aliphatic heterocycles. The molecule has 0 saturated heterocycles. The molecule has 2 atom stereocenters. The van der Waals surface area contributed by atoms with Crippen LogP contribution in [-0.4, -0.2) is 21.7 Å². The van der Waals surface area contributed by atoms with Gasteiger partial charge in [-0.05, 0) is 30.5 Å². The average Bonchev–Trinajstić information content (AvgIpc) is 3.11. The number of aromatic nitrogens is 2. The van der Waals surface area contributed by atoms with Gasteiger partial charge in [0.05, 0.1) is 11.3 Å². The first kappa shape index (κ1) is 14.1. The van der Waals surface area contributed by atoms with Crippen LogP contribution in [0.15, 0.2) is 30.5 Å². The Morgan fingerprint density at radius 2 is 2.14 bits per heavy atom. The van der Waals surface area contributed by atoms with E-state index in [1.807, 2.05) is 38.2 Å². The van der Waals surface area contributed by atoms with Gasteiger partial charge in [-0.3, -0.25) is 9.48 Å². The van der Waals surface area contributed by atoms with Gasteiger partial charge in [-0.1, -0.05) is 30.7 Å². The zero-order chi connectivity index (χ0) is 15.0. The van der Waals surface area contributed by atoms with Gasteiger partial charge in [0.25, 0.3) is 5.91 Å². The minimum atomic E-state index is -0.0265. The molecular formula is C16H18ClN3O. The average molecular weight is 304 g/mol. The van der Waals surface area contributed by atoms with Crippen LogP contribution in [0.3, 0.4) is 0 Å². The molecule has 110 valence electrons. The first-order chi connectivity index (χ1) is 10.1. The van der Waals surface area contributed by atoms with Crippen molar-refractivity contribution in [3.8, 4) is 0 Å². The third-order valence-electron chi connectivity index (χ3n) is 3.89. The monoisotopic (exact) mass is 303 g/mol. The molecule has 21 heavy (non-hydrogen) atoms. The van der Waals surface area contributed by atoms with Gasteiger partial charge in [0, 0.05) is 30.2 Å². The molecule has 1 N–H and O–H groups in total. The van der Waals surface area contributed by atoms with E-state index in [1.165, 1.54) is 5.56 Å². The Kier molecular flexibility index (Phi) is 3.72. The lowest BCUT2D eigenvalue weighted by molar-refractivity contribution is 0.0949. The summed E-state index contributed by atoms with van der Waals surface area (Å²) in [5, 5.41) is 8.14. The van der Waals surface area contributed by atoms with E-state index in [1.54, 1.807) is 10.9 Å². The van der Waals surface area contributed by atoms with Crippen LogP contribution in [0, 0.1) is 0 Å². The van der Waals surface area contributed by atoms with Gasteiger partial charge < -0.3 is 5.32 Å². The van der Waals surface area contributed by atoms with E-state index in [-0.39, 0.29) is 11.9 Å². The third-order valence-corrected chi connectivity index (χ3v) is 4.14. The van der Waals surface area contributed by atoms with Crippen molar-refractivity contribution in [3.05, 3.63) is 52.3 Å². The summed E-state index contributed by atoms with van der Waals surface area (Å²) in [5.74, 6) is 0.370. The molecule has 0 bridgehead atoms. The second-order valence-electron chi connectivity index (χ2n) is 5.49. The van der Waals surface area contributed by atoms with Crippen LogP contribution in [0.2, 0.25) is 5.02 Å². The topological polar surface area (TPSA) is 46.9 Å². The molecule has 1 heterocycles. The highest BCUT2D eigenvalue weighted by Gasteiger charge is 2.39. The SMILES string of the molecule is CCc1nn(C)cc1C(=O)N[C@@H]1C[C@H]1c1ccc(Cl)cc1. The van der Waals surface area contributed by atoms with E-state index in [2.05, 4.69) is 10.4 Å². The van der Waals surface area contributed by atoms with Crippen molar-refractivity contribution in [3.63, 3.8) is 0 Å². The molecular weight excluding hydrogens is 286 g/mol. The Labute approximate surface area is 129 Å². The van der Waals surface area contributed by atoms with Crippen molar-refractivity contribution in [1.82, 2.24) is 15.1 Å². The summed E-state index contributed by atoms with van der Waals surface area (Å²) in [7, 11) is 1.84. The summed E-state index contributed by atoms with van der Waals surface area (Å²) in [6, 6.07) is 8.06. The second kappa shape index (κ2) is 5.53. The molecule has 0 spiro atoms. The smallest absolute Gasteiger partial charge is 0.254 e. The molecule has 0 radical (unpaired) electrons. The van der Waals surface area contributed by atoms with E-state index in [0.717, 1.165) is 23.6 Å². The van der Waals surface area contributed by atoms with Crippen molar-refractivity contribution < 1.29 is 4.79 Å². The zero-order valence-electron chi connectivity index (χ0n) is 12.1. The molecule has 4 nitrogen and oxygen atoms in total. The number of nitrogens with one attached hydrogen (secondary N) is 1. The predicted octanol–water partition coefficient (Wildman–Crippen LogP) is 2.92. The molecule has 1 aromatic heterocycles. The van der Waals surface area contributed by atoms with E-state index in [0.29, 0.717) is 11.5 Å². The first-order valence-corrected chi connectivity index (χ1v) is 7.55. The number of nitrogens with zero attached hydrogens (tertiary/aromatic N) is 2. The fraction of sp³-hybridized carbons (Fsp3) is 0.375. The van der Waals surface area contributed by atoms with Crippen molar-refractivity contribution in [2.45, 2.75) is 31.7 Å². The van der Waals surface area contributed by atoms with Crippen LogP contribution in [0.25, 0.3) is 0 Å².